The topological polar surface area (TPSA) is 33.0 Å². The van der Waals surface area contributed by atoms with Gasteiger partial charge in [0.1, 0.15) is 23.3 Å². The Morgan fingerprint density at radius 1 is 1.12 bits per heavy atom. The molecule has 0 unspecified atom stereocenters. The molecule has 0 N–H and O–H groups in total. The maximum absolute atomic E-state index is 13.6. The van der Waals surface area contributed by atoms with Gasteiger partial charge in [0.2, 0.25) is 0 Å². The van der Waals surface area contributed by atoms with Gasteiger partial charge in [0, 0.05) is 6.61 Å². The Morgan fingerprint density at radius 3 is 2.25 bits per heavy atom. The summed E-state index contributed by atoms with van der Waals surface area (Å²) in [4.78, 5) is 0. The molecule has 4 heteroatoms. The summed E-state index contributed by atoms with van der Waals surface area (Å²) in [6.45, 7) is 5.05. The van der Waals surface area contributed by atoms with Gasteiger partial charge in [0.25, 0.3) is 0 Å². The smallest absolute Gasteiger partial charge is 0.144 e. The second kappa shape index (κ2) is 9.54. The molecule has 0 radical (unpaired) electrons. The molecule has 0 saturated heterocycles. The number of benzene rings is 1. The molecule has 1 fully saturated rings. The van der Waals surface area contributed by atoms with Gasteiger partial charge in [0.15, 0.2) is 0 Å². The molecule has 24 heavy (non-hydrogen) atoms. The zero-order valence-electron chi connectivity index (χ0n) is 14.1. The van der Waals surface area contributed by atoms with Gasteiger partial charge in [-0.05, 0) is 48.8 Å². The zero-order valence-corrected chi connectivity index (χ0v) is 14.1. The lowest BCUT2D eigenvalue weighted by Crippen LogP contribution is -2.16. The van der Waals surface area contributed by atoms with E-state index >= 15 is 0 Å². The second-order valence-electron chi connectivity index (χ2n) is 6.62. The van der Waals surface area contributed by atoms with E-state index in [1.807, 2.05) is 0 Å². The lowest BCUT2D eigenvalue weighted by molar-refractivity contribution is 0.130. The number of hydrogen-bond acceptors (Lipinski definition) is 2. The van der Waals surface area contributed by atoms with Gasteiger partial charge < -0.3 is 4.74 Å². The summed E-state index contributed by atoms with van der Waals surface area (Å²) in [5, 5.41) is 8.70. The molecule has 0 bridgehead atoms. The standard InChI is InChI=1S/C20H25F2NO/c1-2-10-24-11-9-16-5-3-15(4-6-16)7-8-17-12-19(21)18(14-23)20(22)13-17/h2,12-13,15-16H,1,3-11H2. The summed E-state index contributed by atoms with van der Waals surface area (Å²) in [7, 11) is 0. The second-order valence-corrected chi connectivity index (χ2v) is 6.62. The van der Waals surface area contributed by atoms with Crippen molar-refractivity contribution in [2.75, 3.05) is 13.2 Å². The molecule has 0 amide bonds. The lowest BCUT2D eigenvalue weighted by atomic mass is 9.78. The van der Waals surface area contributed by atoms with Gasteiger partial charge in [0.05, 0.1) is 6.61 Å². The Morgan fingerprint density at radius 2 is 1.71 bits per heavy atom. The highest BCUT2D eigenvalue weighted by molar-refractivity contribution is 5.35. The molecule has 1 aromatic carbocycles. The maximum Gasteiger partial charge on any atom is 0.144 e. The molecule has 1 aliphatic rings. The SMILES string of the molecule is C=CCOCCC1CCC(CCc2cc(F)c(C#N)c(F)c2)CC1. The first-order valence-corrected chi connectivity index (χ1v) is 8.70. The Bertz CT molecular complexity index is 563. The highest BCUT2D eigenvalue weighted by Crippen LogP contribution is 2.33. The third kappa shape index (κ3) is 5.42. The van der Waals surface area contributed by atoms with Crippen LogP contribution in [-0.2, 0) is 11.2 Å². The molecule has 130 valence electrons. The monoisotopic (exact) mass is 333 g/mol. The number of nitriles is 1. The zero-order chi connectivity index (χ0) is 17.4. The van der Waals surface area contributed by atoms with Crippen LogP contribution in [0.5, 0.6) is 0 Å². The minimum absolute atomic E-state index is 0.488. The molecule has 0 heterocycles. The predicted molar refractivity (Wildman–Crippen MR) is 90.5 cm³/mol. The van der Waals surface area contributed by atoms with Gasteiger partial charge in [-0.2, -0.15) is 5.26 Å². The molecular formula is C20H25F2NO. The Kier molecular flexibility index (Phi) is 7.39. The summed E-state index contributed by atoms with van der Waals surface area (Å²) in [5.74, 6) is -0.153. The number of rotatable bonds is 8. The number of ether oxygens (including phenoxy) is 1. The average Bonchev–Trinajstić information content (AvgIpc) is 2.58. The Hall–Kier alpha value is -1.73. The van der Waals surface area contributed by atoms with Crippen molar-refractivity contribution in [2.24, 2.45) is 11.8 Å². The van der Waals surface area contributed by atoms with Crippen LogP contribution in [0.15, 0.2) is 24.8 Å². The van der Waals surface area contributed by atoms with Crippen LogP contribution < -0.4 is 0 Å². The maximum atomic E-state index is 13.6. The third-order valence-electron chi connectivity index (χ3n) is 4.93. The van der Waals surface area contributed by atoms with Crippen molar-refractivity contribution in [2.45, 2.75) is 44.9 Å². The van der Waals surface area contributed by atoms with Gasteiger partial charge in [-0.1, -0.05) is 31.8 Å². The summed E-state index contributed by atoms with van der Waals surface area (Å²) in [6.07, 6.45) is 9.25. The largest absolute Gasteiger partial charge is 0.377 e. The van der Waals surface area contributed by atoms with Crippen LogP contribution in [0.1, 0.15) is 49.7 Å². The van der Waals surface area contributed by atoms with Crippen LogP contribution >= 0.6 is 0 Å². The fourth-order valence-electron chi connectivity index (χ4n) is 3.47. The van der Waals surface area contributed by atoms with E-state index in [1.165, 1.54) is 37.8 Å². The fraction of sp³-hybridized carbons (Fsp3) is 0.550. The van der Waals surface area contributed by atoms with Crippen molar-refractivity contribution < 1.29 is 13.5 Å². The van der Waals surface area contributed by atoms with Crippen LogP contribution in [0, 0.1) is 34.8 Å². The minimum atomic E-state index is -0.754. The van der Waals surface area contributed by atoms with E-state index in [0.717, 1.165) is 25.4 Å². The first-order valence-electron chi connectivity index (χ1n) is 8.70. The first-order chi connectivity index (χ1) is 11.6. The molecule has 2 nitrogen and oxygen atoms in total. The highest BCUT2D eigenvalue weighted by Gasteiger charge is 2.21. The van der Waals surface area contributed by atoms with Crippen LogP contribution in [0.2, 0.25) is 0 Å². The van der Waals surface area contributed by atoms with Crippen molar-refractivity contribution in [3.8, 4) is 6.07 Å². The van der Waals surface area contributed by atoms with E-state index in [0.29, 0.717) is 24.5 Å². The van der Waals surface area contributed by atoms with Crippen LogP contribution in [0.25, 0.3) is 0 Å². The van der Waals surface area contributed by atoms with Gasteiger partial charge in [-0.25, -0.2) is 8.78 Å². The molecule has 1 saturated carbocycles. The summed E-state index contributed by atoms with van der Waals surface area (Å²) in [5.41, 5.74) is 0.155. The minimum Gasteiger partial charge on any atom is -0.377 e. The van der Waals surface area contributed by atoms with Crippen LogP contribution in [-0.4, -0.2) is 13.2 Å². The van der Waals surface area contributed by atoms with Crippen LogP contribution in [0.4, 0.5) is 8.78 Å². The van der Waals surface area contributed by atoms with Crippen molar-refractivity contribution >= 4 is 0 Å². The summed E-state index contributed by atoms with van der Waals surface area (Å²) < 4.78 is 32.7. The van der Waals surface area contributed by atoms with Gasteiger partial charge in [-0.3, -0.25) is 0 Å². The molecular weight excluding hydrogens is 308 g/mol. The van der Waals surface area contributed by atoms with Crippen molar-refractivity contribution in [1.82, 2.24) is 0 Å². The molecule has 2 rings (SSSR count). The van der Waals surface area contributed by atoms with Gasteiger partial charge in [-0.15, -0.1) is 6.58 Å². The Balaban J connectivity index is 1.73. The normalized spacial score (nSPS) is 20.5. The van der Waals surface area contributed by atoms with Crippen molar-refractivity contribution in [3.63, 3.8) is 0 Å². The quantitative estimate of drug-likeness (QED) is 0.486. The predicted octanol–water partition coefficient (Wildman–Crippen LogP) is 5.17. The fourth-order valence-corrected chi connectivity index (χ4v) is 3.47. The molecule has 0 aliphatic heterocycles. The van der Waals surface area contributed by atoms with Crippen LogP contribution in [0.3, 0.4) is 0 Å². The third-order valence-corrected chi connectivity index (χ3v) is 4.93. The molecule has 0 spiro atoms. The van der Waals surface area contributed by atoms with E-state index in [1.54, 1.807) is 12.1 Å². The summed E-state index contributed by atoms with van der Waals surface area (Å²) in [6, 6.07) is 4.15. The molecule has 0 atom stereocenters. The first kappa shape index (κ1) is 18.6. The van der Waals surface area contributed by atoms with E-state index in [2.05, 4.69) is 6.58 Å². The van der Waals surface area contributed by atoms with Gasteiger partial charge >= 0.3 is 0 Å². The van der Waals surface area contributed by atoms with E-state index in [4.69, 9.17) is 10.00 Å². The average molecular weight is 333 g/mol. The number of nitrogens with zero attached hydrogens (tertiary/aromatic N) is 1. The molecule has 0 aromatic heterocycles. The molecule has 1 aliphatic carbocycles. The number of aryl methyl sites for hydroxylation is 1. The lowest BCUT2D eigenvalue weighted by Gasteiger charge is -2.28. The van der Waals surface area contributed by atoms with E-state index in [-0.39, 0.29) is 0 Å². The van der Waals surface area contributed by atoms with Crippen molar-refractivity contribution in [3.05, 3.63) is 47.5 Å². The van der Waals surface area contributed by atoms with E-state index in [9.17, 15) is 8.78 Å². The highest BCUT2D eigenvalue weighted by atomic mass is 19.1. The summed E-state index contributed by atoms with van der Waals surface area (Å²) >= 11 is 0. The van der Waals surface area contributed by atoms with E-state index < -0.39 is 17.2 Å². The molecule has 1 aromatic rings. The number of hydrogen-bond donors (Lipinski definition) is 0. The number of halogens is 2. The Labute approximate surface area is 143 Å². The van der Waals surface area contributed by atoms with Crippen molar-refractivity contribution in [1.29, 1.82) is 5.26 Å².